The van der Waals surface area contributed by atoms with E-state index in [9.17, 15) is 9.59 Å². The van der Waals surface area contributed by atoms with Crippen LogP contribution in [0.2, 0.25) is 0 Å². The molecule has 0 bridgehead atoms. The van der Waals surface area contributed by atoms with Gasteiger partial charge in [-0.3, -0.25) is 9.59 Å². The van der Waals surface area contributed by atoms with Crippen LogP contribution >= 0.6 is 0 Å². The molecule has 2 unspecified atom stereocenters. The molecule has 0 saturated carbocycles. The van der Waals surface area contributed by atoms with Crippen molar-refractivity contribution < 1.29 is 9.59 Å². The lowest BCUT2D eigenvalue weighted by Gasteiger charge is -2.34. The molecule has 150 valence electrons. The molecule has 0 saturated heterocycles. The van der Waals surface area contributed by atoms with Crippen LogP contribution in [0.3, 0.4) is 0 Å². The Bertz CT molecular complexity index is 992. The first kappa shape index (κ1) is 19.6. The Morgan fingerprint density at radius 3 is 2.28 bits per heavy atom. The molecule has 0 fully saturated rings. The third-order valence-corrected chi connectivity index (χ3v) is 6.23. The number of carbonyl (C=O) groups is 2. The number of allylic oxidation sites excluding steroid dienone is 2. The molecule has 0 spiro atoms. The lowest BCUT2D eigenvalue weighted by molar-refractivity contribution is -0.122. The van der Waals surface area contributed by atoms with Gasteiger partial charge in [0.2, 0.25) is 5.91 Å². The largest absolute Gasteiger partial charge is 0.329 e. The molecule has 3 nitrogen and oxygen atoms in total. The normalized spacial score (nSPS) is 22.3. The molecule has 29 heavy (non-hydrogen) atoms. The molecule has 3 heteroatoms. The van der Waals surface area contributed by atoms with Gasteiger partial charge < -0.3 is 5.32 Å². The van der Waals surface area contributed by atoms with Crippen molar-refractivity contribution in [3.8, 4) is 0 Å². The highest BCUT2D eigenvalue weighted by Gasteiger charge is 2.38. The second kappa shape index (κ2) is 7.29. The van der Waals surface area contributed by atoms with E-state index >= 15 is 0 Å². The summed E-state index contributed by atoms with van der Waals surface area (Å²) in [7, 11) is 0. The predicted molar refractivity (Wildman–Crippen MR) is 116 cm³/mol. The summed E-state index contributed by atoms with van der Waals surface area (Å²) >= 11 is 0. The summed E-state index contributed by atoms with van der Waals surface area (Å²) in [5.74, 6) is 0.164. The molecule has 1 N–H and O–H groups in total. The number of benzene rings is 2. The topological polar surface area (TPSA) is 46.2 Å². The molecular weight excluding hydrogens is 358 g/mol. The molecular formula is C26H29NO2. The van der Waals surface area contributed by atoms with Crippen LogP contribution in [0.1, 0.15) is 74.1 Å². The van der Waals surface area contributed by atoms with E-state index in [-0.39, 0.29) is 28.9 Å². The number of hydrogen-bond acceptors (Lipinski definition) is 2. The third-order valence-electron chi connectivity index (χ3n) is 6.23. The SMILES string of the molecule is Cc1cccc(C2CC(=O)NC3=C2C(=O)CC(c2ccc(C(C)(C)C)cc2)C3)c1. The van der Waals surface area contributed by atoms with Gasteiger partial charge in [0.25, 0.3) is 0 Å². The summed E-state index contributed by atoms with van der Waals surface area (Å²) in [6.07, 6.45) is 1.56. The Hall–Kier alpha value is -2.68. The second-order valence-corrected chi connectivity index (χ2v) is 9.51. The van der Waals surface area contributed by atoms with Crippen LogP contribution in [0.4, 0.5) is 0 Å². The predicted octanol–water partition coefficient (Wildman–Crippen LogP) is 5.30. The Morgan fingerprint density at radius 1 is 0.897 bits per heavy atom. The van der Waals surface area contributed by atoms with Crippen LogP contribution in [0.15, 0.2) is 59.8 Å². The summed E-state index contributed by atoms with van der Waals surface area (Å²) in [6.45, 7) is 8.65. The van der Waals surface area contributed by atoms with Crippen LogP contribution in [-0.4, -0.2) is 11.7 Å². The Balaban J connectivity index is 1.66. The first-order valence-corrected chi connectivity index (χ1v) is 10.5. The van der Waals surface area contributed by atoms with E-state index in [1.54, 1.807) is 0 Å². The number of amides is 1. The smallest absolute Gasteiger partial charge is 0.225 e. The highest BCUT2D eigenvalue weighted by Crippen LogP contribution is 2.42. The van der Waals surface area contributed by atoms with Crippen molar-refractivity contribution in [3.63, 3.8) is 0 Å². The second-order valence-electron chi connectivity index (χ2n) is 9.51. The van der Waals surface area contributed by atoms with E-state index in [4.69, 9.17) is 0 Å². The maximum atomic E-state index is 13.2. The standard InChI is InChI=1S/C26H29NO2/c1-16-6-5-7-18(12-16)21-15-24(29)27-22-13-19(14-23(28)25(21)22)17-8-10-20(11-9-17)26(2,3)4/h5-12,19,21H,13-15H2,1-4H3,(H,27,29). The molecule has 4 rings (SSSR count). The van der Waals surface area contributed by atoms with Gasteiger partial charge in [0, 0.05) is 30.0 Å². The Kier molecular flexibility index (Phi) is 4.94. The van der Waals surface area contributed by atoms with E-state index in [1.165, 1.54) is 11.1 Å². The van der Waals surface area contributed by atoms with Crippen molar-refractivity contribution in [3.05, 3.63) is 82.1 Å². The van der Waals surface area contributed by atoms with E-state index < -0.39 is 0 Å². The molecule has 1 heterocycles. The van der Waals surface area contributed by atoms with Crippen molar-refractivity contribution >= 4 is 11.7 Å². The Labute approximate surface area is 173 Å². The van der Waals surface area contributed by atoms with E-state index in [1.807, 2.05) is 25.1 Å². The minimum Gasteiger partial charge on any atom is -0.329 e. The molecule has 1 amide bonds. The van der Waals surface area contributed by atoms with Gasteiger partial charge in [-0.2, -0.15) is 0 Å². The number of Topliss-reactive ketones (excluding diaryl/α,β-unsaturated/α-hetero) is 1. The third kappa shape index (κ3) is 3.91. The van der Waals surface area contributed by atoms with Crippen molar-refractivity contribution in [2.45, 2.75) is 64.2 Å². The van der Waals surface area contributed by atoms with E-state index in [2.05, 4.69) is 56.4 Å². The summed E-state index contributed by atoms with van der Waals surface area (Å²) in [5, 5.41) is 3.02. The number of rotatable bonds is 2. The summed E-state index contributed by atoms with van der Waals surface area (Å²) < 4.78 is 0. The first-order chi connectivity index (χ1) is 13.7. The van der Waals surface area contributed by atoms with Gasteiger partial charge in [0.05, 0.1) is 0 Å². The number of nitrogens with one attached hydrogen (secondary N) is 1. The highest BCUT2D eigenvalue weighted by molar-refractivity contribution is 6.02. The van der Waals surface area contributed by atoms with Gasteiger partial charge in [-0.15, -0.1) is 0 Å². The van der Waals surface area contributed by atoms with Crippen molar-refractivity contribution in [1.82, 2.24) is 5.32 Å². The maximum absolute atomic E-state index is 13.2. The monoisotopic (exact) mass is 387 g/mol. The molecule has 2 aromatic carbocycles. The summed E-state index contributed by atoms with van der Waals surface area (Å²) in [4.78, 5) is 25.6. The fourth-order valence-corrected chi connectivity index (χ4v) is 4.62. The fraction of sp³-hybridized carbons (Fsp3) is 0.385. The van der Waals surface area contributed by atoms with Gasteiger partial charge in [-0.1, -0.05) is 74.9 Å². The van der Waals surface area contributed by atoms with Gasteiger partial charge in [0.15, 0.2) is 5.78 Å². The van der Waals surface area contributed by atoms with Crippen molar-refractivity contribution in [2.24, 2.45) is 0 Å². The minimum absolute atomic E-state index is 0.00628. The van der Waals surface area contributed by atoms with Crippen molar-refractivity contribution in [1.29, 1.82) is 0 Å². The zero-order valence-corrected chi connectivity index (χ0v) is 17.7. The molecule has 2 aliphatic rings. The fourth-order valence-electron chi connectivity index (χ4n) is 4.62. The van der Waals surface area contributed by atoms with Crippen molar-refractivity contribution in [2.75, 3.05) is 0 Å². The van der Waals surface area contributed by atoms with E-state index in [0.717, 1.165) is 22.4 Å². The van der Waals surface area contributed by atoms with Gasteiger partial charge in [0.1, 0.15) is 0 Å². The minimum atomic E-state index is -0.129. The lowest BCUT2D eigenvalue weighted by Crippen LogP contribution is -2.38. The lowest BCUT2D eigenvalue weighted by atomic mass is 9.73. The molecule has 0 radical (unpaired) electrons. The van der Waals surface area contributed by atoms with Crippen LogP contribution in [0.25, 0.3) is 0 Å². The highest BCUT2D eigenvalue weighted by atomic mass is 16.2. The zero-order chi connectivity index (χ0) is 20.8. The number of hydrogen-bond donors (Lipinski definition) is 1. The van der Waals surface area contributed by atoms with Gasteiger partial charge in [-0.25, -0.2) is 0 Å². The Morgan fingerprint density at radius 2 is 1.62 bits per heavy atom. The van der Waals surface area contributed by atoms with Gasteiger partial charge in [-0.05, 0) is 41.4 Å². The summed E-state index contributed by atoms with van der Waals surface area (Å²) in [5.41, 5.74) is 6.42. The summed E-state index contributed by atoms with van der Waals surface area (Å²) in [6, 6.07) is 16.8. The quantitative estimate of drug-likeness (QED) is 0.760. The molecule has 2 atom stereocenters. The van der Waals surface area contributed by atoms with Crippen LogP contribution in [0, 0.1) is 6.92 Å². The van der Waals surface area contributed by atoms with Gasteiger partial charge >= 0.3 is 0 Å². The average molecular weight is 388 g/mol. The number of aryl methyl sites for hydroxylation is 1. The molecule has 0 aromatic heterocycles. The molecule has 1 aliphatic heterocycles. The van der Waals surface area contributed by atoms with Crippen LogP contribution < -0.4 is 5.32 Å². The maximum Gasteiger partial charge on any atom is 0.225 e. The molecule has 1 aliphatic carbocycles. The zero-order valence-electron chi connectivity index (χ0n) is 17.7. The average Bonchev–Trinajstić information content (AvgIpc) is 2.66. The number of ketones is 1. The first-order valence-electron chi connectivity index (χ1n) is 10.5. The van der Waals surface area contributed by atoms with Crippen LogP contribution in [-0.2, 0) is 15.0 Å². The van der Waals surface area contributed by atoms with Crippen LogP contribution in [0.5, 0.6) is 0 Å². The van der Waals surface area contributed by atoms with E-state index in [0.29, 0.717) is 19.3 Å². The number of carbonyl (C=O) groups excluding carboxylic acids is 2. The molecule has 2 aromatic rings.